The number of benzene rings is 2. The van der Waals surface area contributed by atoms with E-state index < -0.39 is 5.92 Å². The maximum Gasteiger partial charge on any atom is 0.271 e. The van der Waals surface area contributed by atoms with E-state index in [1.54, 1.807) is 24.9 Å². The number of carbonyl (C=O) groups excluding carboxylic acids is 3. The molecule has 0 bridgehead atoms. The smallest absolute Gasteiger partial charge is 0.271 e. The number of nitrogens with one attached hydrogen (secondary N) is 3. The van der Waals surface area contributed by atoms with Gasteiger partial charge in [0.2, 0.25) is 11.8 Å². The van der Waals surface area contributed by atoms with Crippen molar-refractivity contribution in [2.45, 2.75) is 82.8 Å². The quantitative estimate of drug-likeness (QED) is 0.120. The van der Waals surface area contributed by atoms with Crippen LogP contribution in [0, 0.1) is 11.3 Å². The number of imide groups is 1. The van der Waals surface area contributed by atoms with Crippen LogP contribution < -0.4 is 20.9 Å². The minimum absolute atomic E-state index is 0.0746. The Hall–Kier alpha value is -5.37. The lowest BCUT2D eigenvalue weighted by Crippen LogP contribution is -2.57. The number of nitrogens with zero attached hydrogens (tertiary/aromatic N) is 6. The molecule has 10 rings (SSSR count). The summed E-state index contributed by atoms with van der Waals surface area (Å²) in [5, 5.41) is 13.8. The summed E-state index contributed by atoms with van der Waals surface area (Å²) in [6.45, 7) is 3.80. The molecule has 61 heavy (non-hydrogen) atoms. The summed E-state index contributed by atoms with van der Waals surface area (Å²) >= 11 is 6.58. The highest BCUT2D eigenvalue weighted by Crippen LogP contribution is 2.50. The highest BCUT2D eigenvalue weighted by molar-refractivity contribution is 6.31. The monoisotopic (exact) mass is 843 g/mol. The number of methoxy groups -OCH3 is 1. The first kappa shape index (κ1) is 41.0. The van der Waals surface area contributed by atoms with Gasteiger partial charge in [-0.25, -0.2) is 9.50 Å². The summed E-state index contributed by atoms with van der Waals surface area (Å²) < 4.78 is 7.72. The predicted molar refractivity (Wildman–Crippen MR) is 236 cm³/mol. The summed E-state index contributed by atoms with van der Waals surface area (Å²) in [4.78, 5) is 51.1. The Morgan fingerprint density at radius 1 is 0.984 bits per heavy atom. The SMILES string of the molecule is C1CC1.CNC(=O)c1cnc2c(NC)cc(N3CCc4c(-c5ccc(CN6CC7(CCC(C(OC)c8ccc(Cl)c(C9CCC(=O)NC9=O)c8)CC7)C6)cn5)cccc43)nn12. The molecule has 5 aliphatic rings. The molecular formula is C47H54ClN9O4. The molecular weight excluding hydrogens is 790 g/mol. The first-order valence-corrected chi connectivity index (χ1v) is 22.1. The number of carbonyl (C=O) groups is 3. The van der Waals surface area contributed by atoms with Gasteiger partial charge < -0.3 is 20.3 Å². The van der Waals surface area contributed by atoms with Crippen molar-refractivity contribution in [2.75, 3.05) is 51.1 Å². The summed E-state index contributed by atoms with van der Waals surface area (Å²) in [6, 6.07) is 18.6. The lowest BCUT2D eigenvalue weighted by Gasteiger charge is -2.54. The molecule has 3 aromatic heterocycles. The van der Waals surface area contributed by atoms with Gasteiger partial charge in [-0.1, -0.05) is 61.2 Å². The standard InChI is InChI=1S/C44H48ClN9O4.C3H6/c1-46-35-20-38(51-54-37(43(57)47-2)22-49-41(35)54)53-18-15-30-29(5-4-6-36(30)53)34-11-7-26(21-48-34)23-52-24-44(25-52)16-13-27(14-17-44)40(58-3)28-8-10-33(45)32(19-28)31-9-12-39(55)50-42(31)56;1-2-3-1/h4-8,10-11,19-22,27,31,40,46H,9,12-18,23-25H2,1-3H3,(H,47,57)(H,50,55,56);1-3H2. The van der Waals surface area contributed by atoms with Crippen LogP contribution in [0.4, 0.5) is 17.2 Å². The van der Waals surface area contributed by atoms with Crippen LogP contribution in [-0.2, 0) is 27.3 Å². The third kappa shape index (κ3) is 8.23. The van der Waals surface area contributed by atoms with Gasteiger partial charge >= 0.3 is 0 Å². The fraction of sp³-hybridized carbons (Fsp3) is 0.447. The summed E-state index contributed by atoms with van der Waals surface area (Å²) in [7, 11) is 5.21. The second-order valence-corrected chi connectivity index (χ2v) is 17.8. The van der Waals surface area contributed by atoms with Crippen LogP contribution in [0.3, 0.4) is 0 Å². The second-order valence-electron chi connectivity index (χ2n) is 17.4. The number of ether oxygens (including phenoxy) is 1. The average molecular weight is 844 g/mol. The van der Waals surface area contributed by atoms with Gasteiger partial charge in [0.25, 0.3) is 5.91 Å². The lowest BCUT2D eigenvalue weighted by molar-refractivity contribution is -0.134. The molecule has 14 heteroatoms. The highest BCUT2D eigenvalue weighted by atomic mass is 35.5. The zero-order valence-corrected chi connectivity index (χ0v) is 35.9. The van der Waals surface area contributed by atoms with E-state index in [1.807, 2.05) is 37.5 Å². The van der Waals surface area contributed by atoms with Gasteiger partial charge in [0.15, 0.2) is 17.2 Å². The average Bonchev–Trinajstić information content (AvgIpc) is 3.99. The number of anilines is 3. The topological polar surface area (TPSA) is 146 Å². The molecule has 2 saturated carbocycles. The molecule has 318 valence electrons. The number of rotatable bonds is 10. The van der Waals surface area contributed by atoms with Crippen LogP contribution in [-0.4, -0.2) is 83.0 Å². The number of hydrogen-bond donors (Lipinski definition) is 3. The Morgan fingerprint density at radius 3 is 2.48 bits per heavy atom. The van der Waals surface area contributed by atoms with Crippen LogP contribution in [0.5, 0.6) is 0 Å². The van der Waals surface area contributed by atoms with E-state index in [2.05, 4.69) is 61.1 Å². The Labute approximate surface area is 361 Å². The summed E-state index contributed by atoms with van der Waals surface area (Å²) in [6.07, 6.45) is 14.1. The number of halogens is 1. The molecule has 2 atom stereocenters. The van der Waals surface area contributed by atoms with E-state index in [0.717, 1.165) is 97.9 Å². The van der Waals surface area contributed by atoms with Crippen molar-refractivity contribution in [2.24, 2.45) is 11.3 Å². The third-order valence-electron chi connectivity index (χ3n) is 13.2. The highest BCUT2D eigenvalue weighted by Gasteiger charge is 2.46. The lowest BCUT2D eigenvalue weighted by atomic mass is 9.64. The van der Waals surface area contributed by atoms with Crippen molar-refractivity contribution in [1.29, 1.82) is 0 Å². The van der Waals surface area contributed by atoms with Crippen molar-refractivity contribution >= 4 is 52.2 Å². The number of amides is 3. The molecule has 3 aliphatic heterocycles. The van der Waals surface area contributed by atoms with E-state index in [0.29, 0.717) is 40.5 Å². The molecule has 0 radical (unpaired) electrons. The van der Waals surface area contributed by atoms with Gasteiger partial charge in [-0.05, 0) is 90.3 Å². The summed E-state index contributed by atoms with van der Waals surface area (Å²) in [5.41, 5.74) is 9.52. The maximum absolute atomic E-state index is 12.6. The van der Waals surface area contributed by atoms with Crippen LogP contribution in [0.25, 0.3) is 16.9 Å². The second kappa shape index (κ2) is 17.2. The van der Waals surface area contributed by atoms with Crippen molar-refractivity contribution in [3.8, 4) is 11.3 Å². The Kier molecular flexibility index (Phi) is 11.5. The zero-order chi connectivity index (χ0) is 42.3. The molecule has 1 spiro atoms. The minimum atomic E-state index is -0.428. The number of pyridine rings is 1. The number of aromatic nitrogens is 4. The van der Waals surface area contributed by atoms with Crippen molar-refractivity contribution < 1.29 is 19.1 Å². The molecule has 4 fully saturated rings. The van der Waals surface area contributed by atoms with E-state index >= 15 is 0 Å². The number of hydrogen-bond acceptors (Lipinski definition) is 10. The number of piperidine rings is 1. The fourth-order valence-electron chi connectivity index (χ4n) is 9.89. The van der Waals surface area contributed by atoms with Gasteiger partial charge in [0, 0.05) is 82.3 Å². The normalized spacial score (nSPS) is 20.1. The number of likely N-dealkylation sites (tertiary alicyclic amines) is 1. The summed E-state index contributed by atoms with van der Waals surface area (Å²) in [5.74, 6) is -0.0596. The molecule has 13 nitrogen and oxygen atoms in total. The van der Waals surface area contributed by atoms with Gasteiger partial charge in [0.1, 0.15) is 0 Å². The Balaban J connectivity index is 0.00000152. The number of fused-ring (bicyclic) bond motifs is 2. The van der Waals surface area contributed by atoms with E-state index in [1.165, 1.54) is 30.4 Å². The van der Waals surface area contributed by atoms with Crippen LogP contribution in [0.15, 0.2) is 67.0 Å². The first-order chi connectivity index (χ1) is 29.7. The van der Waals surface area contributed by atoms with Gasteiger partial charge in [-0.2, -0.15) is 0 Å². The van der Waals surface area contributed by atoms with Crippen LogP contribution >= 0.6 is 11.6 Å². The fourth-order valence-corrected chi connectivity index (χ4v) is 10.1. The van der Waals surface area contributed by atoms with E-state index in [4.69, 9.17) is 26.4 Å². The molecule has 2 aliphatic carbocycles. The molecule has 3 amide bonds. The van der Waals surface area contributed by atoms with E-state index in [9.17, 15) is 14.4 Å². The third-order valence-corrected chi connectivity index (χ3v) is 13.5. The van der Waals surface area contributed by atoms with Gasteiger partial charge in [-0.3, -0.25) is 29.6 Å². The molecule has 6 heterocycles. The maximum atomic E-state index is 12.6. The van der Waals surface area contributed by atoms with Gasteiger partial charge in [-0.15, -0.1) is 5.10 Å². The Morgan fingerprint density at radius 2 is 1.79 bits per heavy atom. The van der Waals surface area contributed by atoms with Crippen molar-refractivity contribution in [3.63, 3.8) is 0 Å². The Bertz CT molecular complexity index is 2450. The molecule has 2 aromatic carbocycles. The largest absolute Gasteiger partial charge is 0.385 e. The molecule has 3 N–H and O–H groups in total. The predicted octanol–water partition coefficient (Wildman–Crippen LogP) is 7.61. The number of imidazole rings is 1. The van der Waals surface area contributed by atoms with E-state index in [-0.39, 0.29) is 23.8 Å². The minimum Gasteiger partial charge on any atom is -0.385 e. The molecule has 2 unspecified atom stereocenters. The van der Waals surface area contributed by atoms with Crippen molar-refractivity contribution in [1.82, 2.24) is 35.1 Å². The molecule has 5 aromatic rings. The van der Waals surface area contributed by atoms with Crippen molar-refractivity contribution in [3.05, 3.63) is 100.0 Å². The van der Waals surface area contributed by atoms with Gasteiger partial charge in [0.05, 0.1) is 29.6 Å². The van der Waals surface area contributed by atoms with Crippen LogP contribution in [0.2, 0.25) is 5.02 Å². The molecule has 2 saturated heterocycles. The first-order valence-electron chi connectivity index (χ1n) is 21.7. The zero-order valence-electron chi connectivity index (χ0n) is 35.2. The van der Waals surface area contributed by atoms with Crippen LogP contribution in [0.1, 0.15) is 103 Å².